The Morgan fingerprint density at radius 3 is 2.37 bits per heavy atom. The molecule has 0 radical (unpaired) electrons. The molecule has 5 rings (SSSR count). The SMILES string of the molecule is CNC(=O)c1ccc(S(=O)(=O)N2CCC(c3cc(F)cc4c3CN(C3CCC(=O)NC3=O)C4=O)CC2)cc1. The molecule has 0 spiro atoms. The third-order valence-corrected chi connectivity index (χ3v) is 9.44. The molecule has 3 aliphatic heterocycles. The van der Waals surface area contributed by atoms with Crippen LogP contribution in [-0.4, -0.2) is 67.4 Å². The second kappa shape index (κ2) is 9.91. The van der Waals surface area contributed by atoms with Gasteiger partial charge in [0.05, 0.1) is 4.90 Å². The molecule has 0 bridgehead atoms. The van der Waals surface area contributed by atoms with Crippen molar-refractivity contribution in [3.05, 3.63) is 64.5 Å². The van der Waals surface area contributed by atoms with Gasteiger partial charge in [0, 0.05) is 44.2 Å². The van der Waals surface area contributed by atoms with Crippen molar-refractivity contribution in [1.29, 1.82) is 0 Å². The maximum atomic E-state index is 14.6. The van der Waals surface area contributed by atoms with E-state index in [1.165, 1.54) is 52.7 Å². The van der Waals surface area contributed by atoms with Gasteiger partial charge in [0.15, 0.2) is 0 Å². The number of nitrogens with one attached hydrogen (secondary N) is 2. The standard InChI is InChI=1S/C26H27FN4O6S/c1-28-24(33)16-2-4-18(5-3-16)38(36,37)30-10-8-15(9-11-30)19-12-17(27)13-20-21(19)14-31(26(20)35)22-6-7-23(32)29-25(22)34/h2-5,12-13,15,22H,6-11,14H2,1H3,(H,28,33)(H,29,32,34). The van der Waals surface area contributed by atoms with E-state index >= 15 is 0 Å². The summed E-state index contributed by atoms with van der Waals surface area (Å²) in [5.74, 6) is -2.42. The summed E-state index contributed by atoms with van der Waals surface area (Å²) in [6.45, 7) is 0.548. The van der Waals surface area contributed by atoms with E-state index in [9.17, 15) is 32.0 Å². The number of halogens is 1. The first kappa shape index (κ1) is 26.0. The van der Waals surface area contributed by atoms with E-state index in [2.05, 4.69) is 10.6 Å². The number of nitrogens with zero attached hydrogens (tertiary/aromatic N) is 2. The molecule has 2 aromatic rings. The second-order valence-corrected chi connectivity index (χ2v) is 11.6. The first-order valence-corrected chi connectivity index (χ1v) is 13.8. The lowest BCUT2D eigenvalue weighted by atomic mass is 9.86. The molecule has 2 fully saturated rings. The average molecular weight is 543 g/mol. The van der Waals surface area contributed by atoms with Crippen LogP contribution in [0.15, 0.2) is 41.3 Å². The van der Waals surface area contributed by atoms with E-state index in [-0.39, 0.29) is 60.7 Å². The third kappa shape index (κ3) is 4.58. The van der Waals surface area contributed by atoms with Crippen LogP contribution in [-0.2, 0) is 26.2 Å². The van der Waals surface area contributed by atoms with Crippen LogP contribution >= 0.6 is 0 Å². The number of hydrogen-bond acceptors (Lipinski definition) is 6. The molecule has 0 saturated carbocycles. The molecule has 4 amide bonds. The summed E-state index contributed by atoms with van der Waals surface area (Å²) in [6, 6.07) is 7.49. The minimum Gasteiger partial charge on any atom is -0.355 e. The van der Waals surface area contributed by atoms with E-state index in [0.29, 0.717) is 29.5 Å². The lowest BCUT2D eigenvalue weighted by Gasteiger charge is -2.32. The highest BCUT2D eigenvalue weighted by atomic mass is 32.2. The summed E-state index contributed by atoms with van der Waals surface area (Å²) in [4.78, 5) is 50.3. The van der Waals surface area contributed by atoms with Gasteiger partial charge < -0.3 is 10.2 Å². The van der Waals surface area contributed by atoms with Gasteiger partial charge in [0.1, 0.15) is 11.9 Å². The van der Waals surface area contributed by atoms with Gasteiger partial charge in [-0.3, -0.25) is 24.5 Å². The van der Waals surface area contributed by atoms with Gasteiger partial charge >= 0.3 is 0 Å². The first-order valence-electron chi connectivity index (χ1n) is 12.4. The molecular formula is C26H27FN4O6S. The van der Waals surface area contributed by atoms with Gasteiger partial charge in [0.25, 0.3) is 11.8 Å². The topological polar surface area (TPSA) is 133 Å². The van der Waals surface area contributed by atoms with Crippen LogP contribution < -0.4 is 10.6 Å². The summed E-state index contributed by atoms with van der Waals surface area (Å²) in [7, 11) is -2.29. The summed E-state index contributed by atoms with van der Waals surface area (Å²) in [5, 5.41) is 4.75. The van der Waals surface area contributed by atoms with E-state index in [0.717, 1.165) is 0 Å². The molecule has 3 aliphatic rings. The molecule has 1 atom stereocenters. The molecule has 200 valence electrons. The summed E-state index contributed by atoms with van der Waals surface area (Å²) < 4.78 is 42.4. The molecule has 3 heterocycles. The van der Waals surface area contributed by atoms with Crippen molar-refractivity contribution in [2.45, 2.75) is 49.1 Å². The number of carbonyl (C=O) groups is 4. The van der Waals surface area contributed by atoms with Crippen LogP contribution in [0, 0.1) is 5.82 Å². The summed E-state index contributed by atoms with van der Waals surface area (Å²) >= 11 is 0. The highest BCUT2D eigenvalue weighted by Crippen LogP contribution is 2.38. The fourth-order valence-corrected chi connectivity index (χ4v) is 6.97. The van der Waals surface area contributed by atoms with Crippen molar-refractivity contribution in [1.82, 2.24) is 19.8 Å². The zero-order valence-electron chi connectivity index (χ0n) is 20.7. The lowest BCUT2D eigenvalue weighted by Crippen LogP contribution is -2.52. The molecule has 12 heteroatoms. The maximum Gasteiger partial charge on any atom is 0.255 e. The molecule has 2 aromatic carbocycles. The van der Waals surface area contributed by atoms with Gasteiger partial charge in [-0.15, -0.1) is 0 Å². The molecule has 1 unspecified atom stereocenters. The van der Waals surface area contributed by atoms with Crippen LogP contribution in [0.5, 0.6) is 0 Å². The highest BCUT2D eigenvalue weighted by molar-refractivity contribution is 7.89. The molecule has 10 nitrogen and oxygen atoms in total. The van der Waals surface area contributed by atoms with Crippen molar-refractivity contribution in [2.75, 3.05) is 20.1 Å². The van der Waals surface area contributed by atoms with Crippen LogP contribution in [0.2, 0.25) is 0 Å². The van der Waals surface area contributed by atoms with Crippen molar-refractivity contribution in [3.63, 3.8) is 0 Å². The Morgan fingerprint density at radius 2 is 1.74 bits per heavy atom. The largest absolute Gasteiger partial charge is 0.355 e. The number of amides is 4. The third-order valence-electron chi connectivity index (χ3n) is 7.53. The van der Waals surface area contributed by atoms with Crippen LogP contribution in [0.4, 0.5) is 4.39 Å². The van der Waals surface area contributed by atoms with Crippen molar-refractivity contribution < 1.29 is 32.0 Å². The normalized spacial score (nSPS) is 20.8. The monoisotopic (exact) mass is 542 g/mol. The van der Waals surface area contributed by atoms with Gasteiger partial charge in [0.2, 0.25) is 21.8 Å². The van der Waals surface area contributed by atoms with Gasteiger partial charge in [-0.2, -0.15) is 4.31 Å². The van der Waals surface area contributed by atoms with E-state index in [4.69, 9.17) is 0 Å². The summed E-state index contributed by atoms with van der Waals surface area (Å²) in [5.41, 5.74) is 1.85. The Hall–Kier alpha value is -3.64. The van der Waals surface area contributed by atoms with E-state index < -0.39 is 33.7 Å². The van der Waals surface area contributed by atoms with E-state index in [1.807, 2.05) is 0 Å². The fourth-order valence-electron chi connectivity index (χ4n) is 5.50. The van der Waals surface area contributed by atoms with Gasteiger partial charge in [-0.05, 0) is 72.7 Å². The number of benzene rings is 2. The smallest absolute Gasteiger partial charge is 0.255 e. The van der Waals surface area contributed by atoms with E-state index in [1.54, 1.807) is 0 Å². The maximum absolute atomic E-state index is 14.6. The molecule has 0 aliphatic carbocycles. The Balaban J connectivity index is 1.32. The quantitative estimate of drug-likeness (QED) is 0.551. The number of fused-ring (bicyclic) bond motifs is 1. The fraction of sp³-hybridized carbons (Fsp3) is 0.385. The highest BCUT2D eigenvalue weighted by Gasteiger charge is 2.41. The van der Waals surface area contributed by atoms with Crippen molar-refractivity contribution >= 4 is 33.7 Å². The number of carbonyl (C=O) groups excluding carboxylic acids is 4. The Kier molecular flexibility index (Phi) is 6.78. The number of hydrogen-bond donors (Lipinski definition) is 2. The molecule has 2 N–H and O–H groups in total. The number of piperidine rings is 2. The zero-order valence-corrected chi connectivity index (χ0v) is 21.5. The average Bonchev–Trinajstić information content (AvgIpc) is 3.23. The van der Waals surface area contributed by atoms with Crippen molar-refractivity contribution in [2.24, 2.45) is 0 Å². The molecule has 0 aromatic heterocycles. The molecule has 38 heavy (non-hydrogen) atoms. The number of rotatable bonds is 5. The minimum atomic E-state index is -3.79. The predicted molar refractivity (Wildman–Crippen MR) is 133 cm³/mol. The van der Waals surface area contributed by atoms with Crippen LogP contribution in [0.25, 0.3) is 0 Å². The second-order valence-electron chi connectivity index (χ2n) is 9.70. The molecule has 2 saturated heterocycles. The minimum absolute atomic E-state index is 0.0840. The summed E-state index contributed by atoms with van der Waals surface area (Å²) in [6.07, 6.45) is 1.19. The number of imide groups is 1. The zero-order chi connectivity index (χ0) is 27.2. The van der Waals surface area contributed by atoms with Crippen LogP contribution in [0.3, 0.4) is 0 Å². The number of sulfonamides is 1. The Bertz CT molecular complexity index is 1430. The Morgan fingerprint density at radius 1 is 1.05 bits per heavy atom. The Labute approximate surface area is 219 Å². The molecular weight excluding hydrogens is 515 g/mol. The van der Waals surface area contributed by atoms with Crippen LogP contribution in [0.1, 0.15) is 63.4 Å². The first-order chi connectivity index (χ1) is 18.1. The predicted octanol–water partition coefficient (Wildman–Crippen LogP) is 1.51. The van der Waals surface area contributed by atoms with Gasteiger partial charge in [-0.25, -0.2) is 12.8 Å². The van der Waals surface area contributed by atoms with Gasteiger partial charge in [-0.1, -0.05) is 0 Å². The van der Waals surface area contributed by atoms with Crippen molar-refractivity contribution in [3.8, 4) is 0 Å². The lowest BCUT2D eigenvalue weighted by molar-refractivity contribution is -0.136.